The lowest BCUT2D eigenvalue weighted by atomic mass is 10.4. The first-order valence-electron chi connectivity index (χ1n) is 6.40. The van der Waals surface area contributed by atoms with Gasteiger partial charge in [-0.2, -0.15) is 13.2 Å². The summed E-state index contributed by atoms with van der Waals surface area (Å²) in [6.45, 7) is 11.3. The van der Waals surface area contributed by atoms with E-state index in [-0.39, 0.29) is 16.6 Å². The number of hydrogen-bond donors (Lipinski definition) is 1. The van der Waals surface area contributed by atoms with Crippen LogP contribution in [0.1, 0.15) is 41.5 Å². The molecule has 19 heavy (non-hydrogen) atoms. The fraction of sp³-hybridized carbons (Fsp3) is 0.769. The molecule has 1 N–H and O–H groups in total. The third-order valence-corrected chi connectivity index (χ3v) is 10.6. The Bertz CT molecular complexity index is 336. The average molecular weight is 296 g/mol. The van der Waals surface area contributed by atoms with Gasteiger partial charge in [-0.25, -0.2) is 0 Å². The predicted molar refractivity (Wildman–Crippen MR) is 72.8 cm³/mol. The first-order chi connectivity index (χ1) is 8.38. The van der Waals surface area contributed by atoms with Gasteiger partial charge in [-0.1, -0.05) is 41.5 Å². The van der Waals surface area contributed by atoms with Gasteiger partial charge in [0.05, 0.1) is 0 Å². The van der Waals surface area contributed by atoms with E-state index in [9.17, 15) is 18.0 Å². The standard InChI is InChI=1S/C13H23F3O2Si/c1-8(2)19(9(3)4,10(5)6)12(18)7-11(17)13(14,15)16/h7-10,17H,1-6H3. The van der Waals surface area contributed by atoms with Crippen LogP contribution in [0.25, 0.3) is 0 Å². The summed E-state index contributed by atoms with van der Waals surface area (Å²) < 4.78 is 37.0. The molecule has 0 rings (SSSR count). The molecule has 2 nitrogen and oxygen atoms in total. The molecule has 0 aliphatic heterocycles. The minimum Gasteiger partial charge on any atom is -0.504 e. The molecule has 0 aromatic heterocycles. The summed E-state index contributed by atoms with van der Waals surface area (Å²) in [6, 6.07) is 0. The van der Waals surface area contributed by atoms with Crippen LogP contribution in [0.15, 0.2) is 11.8 Å². The highest BCUT2D eigenvalue weighted by Gasteiger charge is 2.49. The first-order valence-corrected chi connectivity index (χ1v) is 8.63. The van der Waals surface area contributed by atoms with E-state index in [2.05, 4.69) is 0 Å². The summed E-state index contributed by atoms with van der Waals surface area (Å²) in [5.41, 5.74) is 0.0341. The fourth-order valence-corrected chi connectivity index (χ4v) is 9.28. The van der Waals surface area contributed by atoms with Gasteiger partial charge in [-0.3, -0.25) is 0 Å². The number of aliphatic hydroxyl groups is 1. The number of alkyl halides is 3. The van der Waals surface area contributed by atoms with Gasteiger partial charge in [0.25, 0.3) is 0 Å². The number of aliphatic hydroxyl groups excluding tert-OH is 1. The van der Waals surface area contributed by atoms with Crippen LogP contribution in [0, 0.1) is 0 Å². The molecule has 0 atom stereocenters. The highest BCUT2D eigenvalue weighted by Crippen LogP contribution is 2.42. The minimum atomic E-state index is -4.86. The SMILES string of the molecule is CC(C)[Si](C(=O)C=C(O)C(F)(F)F)(C(C)C)C(C)C. The number of carbonyl (C=O) groups is 1. The van der Waals surface area contributed by atoms with Gasteiger partial charge < -0.3 is 9.90 Å². The topological polar surface area (TPSA) is 37.3 Å². The second-order valence-electron chi connectivity index (χ2n) is 5.79. The second kappa shape index (κ2) is 6.11. The van der Waals surface area contributed by atoms with E-state index < -0.39 is 25.4 Å². The van der Waals surface area contributed by atoms with Crippen molar-refractivity contribution in [1.29, 1.82) is 0 Å². The Kier molecular flexibility index (Phi) is 5.86. The van der Waals surface area contributed by atoms with Crippen molar-refractivity contribution in [2.45, 2.75) is 64.3 Å². The molecular weight excluding hydrogens is 273 g/mol. The maximum absolute atomic E-state index is 12.4. The summed E-state index contributed by atoms with van der Waals surface area (Å²) in [4.78, 5) is 12.4. The third-order valence-electron chi connectivity index (χ3n) is 3.85. The molecule has 0 heterocycles. The molecule has 0 aliphatic rings. The van der Waals surface area contributed by atoms with Crippen molar-refractivity contribution in [3.63, 3.8) is 0 Å². The smallest absolute Gasteiger partial charge is 0.448 e. The van der Waals surface area contributed by atoms with Gasteiger partial charge in [-0.05, 0) is 16.6 Å². The predicted octanol–water partition coefficient (Wildman–Crippen LogP) is 4.78. The zero-order chi connectivity index (χ0) is 15.6. The molecule has 0 radical (unpaired) electrons. The Hall–Kier alpha value is -0.783. The van der Waals surface area contributed by atoms with Crippen molar-refractivity contribution < 1.29 is 23.1 Å². The van der Waals surface area contributed by atoms with Crippen molar-refractivity contribution in [1.82, 2.24) is 0 Å². The number of carbonyl (C=O) groups excluding carboxylic acids is 1. The molecule has 0 aromatic carbocycles. The Morgan fingerprint density at radius 3 is 1.53 bits per heavy atom. The van der Waals surface area contributed by atoms with Gasteiger partial charge in [-0.15, -0.1) is 0 Å². The van der Waals surface area contributed by atoms with E-state index in [0.717, 1.165) is 0 Å². The molecule has 0 amide bonds. The maximum Gasteiger partial charge on any atom is 0.448 e. The maximum atomic E-state index is 12.4. The molecule has 0 aromatic rings. The number of rotatable bonds is 5. The van der Waals surface area contributed by atoms with E-state index in [1.807, 2.05) is 41.5 Å². The van der Waals surface area contributed by atoms with Gasteiger partial charge in [0.2, 0.25) is 5.76 Å². The summed E-state index contributed by atoms with van der Waals surface area (Å²) in [6.07, 6.45) is -4.47. The molecule has 112 valence electrons. The van der Waals surface area contributed by atoms with Crippen LogP contribution in [-0.2, 0) is 4.79 Å². The number of halogens is 3. The normalized spacial score (nSPS) is 14.6. The van der Waals surface area contributed by atoms with Crippen LogP contribution in [0.3, 0.4) is 0 Å². The van der Waals surface area contributed by atoms with Crippen molar-refractivity contribution in [2.24, 2.45) is 0 Å². The Morgan fingerprint density at radius 1 is 1.00 bits per heavy atom. The van der Waals surface area contributed by atoms with Gasteiger partial charge >= 0.3 is 6.18 Å². The van der Waals surface area contributed by atoms with Crippen LogP contribution >= 0.6 is 0 Å². The van der Waals surface area contributed by atoms with E-state index in [1.54, 1.807) is 0 Å². The Morgan fingerprint density at radius 2 is 1.32 bits per heavy atom. The zero-order valence-corrected chi connectivity index (χ0v) is 13.3. The molecule has 0 bridgehead atoms. The molecular formula is C13H23F3O2Si. The quantitative estimate of drug-likeness (QED) is 0.450. The Labute approximate surface area is 113 Å². The highest BCUT2D eigenvalue weighted by molar-refractivity contribution is 7.09. The lowest BCUT2D eigenvalue weighted by Gasteiger charge is -2.40. The molecule has 0 aliphatic carbocycles. The van der Waals surface area contributed by atoms with Crippen LogP contribution in [0.4, 0.5) is 13.2 Å². The average Bonchev–Trinajstić information content (AvgIpc) is 2.14. The lowest BCUT2D eigenvalue weighted by molar-refractivity contribution is -0.123. The van der Waals surface area contributed by atoms with Crippen molar-refractivity contribution in [3.8, 4) is 0 Å². The van der Waals surface area contributed by atoms with Crippen LogP contribution in [0.2, 0.25) is 16.6 Å². The van der Waals surface area contributed by atoms with Crippen molar-refractivity contribution in [2.75, 3.05) is 0 Å². The second-order valence-corrected chi connectivity index (χ2v) is 11.6. The third kappa shape index (κ3) is 3.61. The van der Waals surface area contributed by atoms with Gasteiger partial charge in [0, 0.05) is 6.08 Å². The molecule has 0 spiro atoms. The molecule has 6 heteroatoms. The molecule has 0 fully saturated rings. The van der Waals surface area contributed by atoms with E-state index >= 15 is 0 Å². The summed E-state index contributed by atoms with van der Waals surface area (Å²) in [5.74, 6) is -1.80. The van der Waals surface area contributed by atoms with Crippen molar-refractivity contribution >= 4 is 13.5 Å². The minimum absolute atomic E-state index is 0.0114. The lowest BCUT2D eigenvalue weighted by Crippen LogP contribution is -2.52. The largest absolute Gasteiger partial charge is 0.504 e. The molecule has 0 unspecified atom stereocenters. The van der Waals surface area contributed by atoms with Crippen LogP contribution < -0.4 is 0 Å². The number of allylic oxidation sites excluding steroid dienone is 2. The first kappa shape index (κ1) is 18.2. The Balaban J connectivity index is 5.74. The summed E-state index contributed by atoms with van der Waals surface area (Å²) in [7, 11) is -2.65. The molecule has 0 saturated carbocycles. The van der Waals surface area contributed by atoms with E-state index in [0.29, 0.717) is 6.08 Å². The highest BCUT2D eigenvalue weighted by atomic mass is 28.3. The van der Waals surface area contributed by atoms with Crippen LogP contribution in [0.5, 0.6) is 0 Å². The zero-order valence-electron chi connectivity index (χ0n) is 12.3. The van der Waals surface area contributed by atoms with Crippen LogP contribution in [-0.4, -0.2) is 24.8 Å². The van der Waals surface area contributed by atoms with E-state index in [1.165, 1.54) is 0 Å². The summed E-state index contributed by atoms with van der Waals surface area (Å²) >= 11 is 0. The summed E-state index contributed by atoms with van der Waals surface area (Å²) in [5, 5.41) is 8.48. The fourth-order valence-electron chi connectivity index (χ4n) is 3.18. The van der Waals surface area contributed by atoms with E-state index in [4.69, 9.17) is 5.11 Å². The monoisotopic (exact) mass is 296 g/mol. The van der Waals surface area contributed by atoms with Gasteiger partial charge in [0.1, 0.15) is 13.5 Å². The molecule has 0 saturated heterocycles. The van der Waals surface area contributed by atoms with Crippen molar-refractivity contribution in [3.05, 3.63) is 11.8 Å². The van der Waals surface area contributed by atoms with Gasteiger partial charge in [0.15, 0.2) is 0 Å². The number of hydrogen-bond acceptors (Lipinski definition) is 2.